The average Bonchev–Trinajstić information content (AvgIpc) is 3.13. The summed E-state index contributed by atoms with van der Waals surface area (Å²) in [5.41, 5.74) is 3.77. The number of aromatic amines is 1. The lowest BCUT2D eigenvalue weighted by atomic mass is 9.83. The number of rotatable bonds is 5. The van der Waals surface area contributed by atoms with E-state index in [9.17, 15) is 9.59 Å². The van der Waals surface area contributed by atoms with Crippen molar-refractivity contribution in [1.29, 1.82) is 0 Å². The Morgan fingerprint density at radius 3 is 2.48 bits per heavy atom. The lowest BCUT2D eigenvalue weighted by molar-refractivity contribution is 0.399. The lowest BCUT2D eigenvalue weighted by Gasteiger charge is -2.25. The van der Waals surface area contributed by atoms with Crippen molar-refractivity contribution in [3.63, 3.8) is 0 Å². The number of aromatic nitrogens is 2. The van der Waals surface area contributed by atoms with Gasteiger partial charge < -0.3 is 9.64 Å². The molecule has 4 rings (SSSR count). The Hall–Kier alpha value is -3.16. The Kier molecular flexibility index (Phi) is 6.03. The molecule has 0 aliphatic rings. The van der Waals surface area contributed by atoms with Crippen molar-refractivity contribution in [1.82, 2.24) is 14.5 Å². The second kappa shape index (κ2) is 8.65. The zero-order valence-electron chi connectivity index (χ0n) is 19.9. The summed E-state index contributed by atoms with van der Waals surface area (Å²) in [4.78, 5) is 28.6. The van der Waals surface area contributed by atoms with Crippen LogP contribution in [0.25, 0.3) is 26.9 Å². The maximum absolute atomic E-state index is 12.5. The van der Waals surface area contributed by atoms with E-state index < -0.39 is 11.2 Å². The Balaban J connectivity index is 1.97. The molecule has 33 heavy (non-hydrogen) atoms. The summed E-state index contributed by atoms with van der Waals surface area (Å²) in [7, 11) is 5.82. The molecule has 0 atom stereocenters. The summed E-state index contributed by atoms with van der Waals surface area (Å²) >= 11 is 1.73. The molecule has 7 heteroatoms. The van der Waals surface area contributed by atoms with E-state index >= 15 is 0 Å². The van der Waals surface area contributed by atoms with Crippen molar-refractivity contribution >= 4 is 21.4 Å². The summed E-state index contributed by atoms with van der Waals surface area (Å²) in [6.07, 6.45) is 1.51. The zero-order chi connectivity index (χ0) is 23.9. The zero-order valence-corrected chi connectivity index (χ0v) is 20.7. The molecule has 172 valence electrons. The third-order valence-corrected chi connectivity index (χ3v) is 6.64. The van der Waals surface area contributed by atoms with Gasteiger partial charge >= 0.3 is 5.69 Å². The highest BCUT2D eigenvalue weighted by molar-refractivity contribution is 7.17. The number of methoxy groups -OCH3 is 1. The molecule has 6 nitrogen and oxygen atoms in total. The van der Waals surface area contributed by atoms with E-state index in [0.717, 1.165) is 29.0 Å². The van der Waals surface area contributed by atoms with E-state index in [1.54, 1.807) is 18.4 Å². The number of thiophene rings is 1. The van der Waals surface area contributed by atoms with Gasteiger partial charge in [-0.15, -0.1) is 11.3 Å². The van der Waals surface area contributed by atoms with Crippen LogP contribution >= 0.6 is 11.3 Å². The van der Waals surface area contributed by atoms with Crippen molar-refractivity contribution in [3.05, 3.63) is 79.9 Å². The van der Waals surface area contributed by atoms with E-state index in [0.29, 0.717) is 5.69 Å². The van der Waals surface area contributed by atoms with Crippen molar-refractivity contribution in [2.45, 2.75) is 32.7 Å². The molecule has 2 aromatic heterocycles. The second-order valence-corrected chi connectivity index (χ2v) is 10.4. The van der Waals surface area contributed by atoms with Gasteiger partial charge in [0.25, 0.3) is 5.56 Å². The van der Waals surface area contributed by atoms with Gasteiger partial charge in [0.05, 0.1) is 12.8 Å². The number of ether oxygens (including phenoxy) is 1. The molecule has 4 aromatic rings. The van der Waals surface area contributed by atoms with Gasteiger partial charge in [0.1, 0.15) is 5.75 Å². The Morgan fingerprint density at radius 1 is 1.09 bits per heavy atom. The molecule has 0 aliphatic heterocycles. The summed E-state index contributed by atoms with van der Waals surface area (Å²) in [5, 5.41) is 3.46. The van der Waals surface area contributed by atoms with Crippen LogP contribution in [0.5, 0.6) is 5.75 Å². The highest BCUT2D eigenvalue weighted by Gasteiger charge is 2.24. The van der Waals surface area contributed by atoms with Gasteiger partial charge in [-0.05, 0) is 59.6 Å². The molecular formula is C26H29N3O3S. The summed E-state index contributed by atoms with van der Waals surface area (Å²) < 4.78 is 8.58. The van der Waals surface area contributed by atoms with E-state index in [-0.39, 0.29) is 5.41 Å². The summed E-state index contributed by atoms with van der Waals surface area (Å²) in [5.74, 6) is 0.785. The number of nitrogens with zero attached hydrogens (tertiary/aromatic N) is 2. The topological polar surface area (TPSA) is 67.3 Å². The van der Waals surface area contributed by atoms with Gasteiger partial charge in [-0.3, -0.25) is 14.3 Å². The Labute approximate surface area is 197 Å². The normalized spacial score (nSPS) is 12.0. The van der Waals surface area contributed by atoms with E-state index in [1.165, 1.54) is 32.5 Å². The number of nitrogens with one attached hydrogen (secondary N) is 1. The second-order valence-electron chi connectivity index (χ2n) is 9.51. The van der Waals surface area contributed by atoms with Crippen molar-refractivity contribution in [2.75, 3.05) is 21.2 Å². The fraction of sp³-hybridized carbons (Fsp3) is 0.308. The molecule has 0 unspecified atom stereocenters. The lowest BCUT2D eigenvalue weighted by Crippen LogP contribution is -2.27. The smallest absolute Gasteiger partial charge is 0.332 e. The van der Waals surface area contributed by atoms with Crippen LogP contribution in [0, 0.1) is 0 Å². The predicted molar refractivity (Wildman–Crippen MR) is 136 cm³/mol. The van der Waals surface area contributed by atoms with Gasteiger partial charge in [0.15, 0.2) is 0 Å². The summed E-state index contributed by atoms with van der Waals surface area (Å²) in [6, 6.07) is 11.7. The van der Waals surface area contributed by atoms with Crippen molar-refractivity contribution in [3.8, 4) is 22.6 Å². The largest absolute Gasteiger partial charge is 0.496 e. The number of hydrogen-bond acceptors (Lipinski definition) is 5. The molecule has 0 saturated heterocycles. The molecule has 0 saturated carbocycles. The molecular weight excluding hydrogens is 434 g/mol. The first kappa shape index (κ1) is 23.0. The number of hydrogen-bond donors (Lipinski definition) is 1. The molecule has 0 radical (unpaired) electrons. The van der Waals surface area contributed by atoms with Crippen molar-refractivity contribution in [2.24, 2.45) is 0 Å². The van der Waals surface area contributed by atoms with Gasteiger partial charge in [-0.1, -0.05) is 32.9 Å². The molecule has 0 spiro atoms. The fourth-order valence-electron chi connectivity index (χ4n) is 4.08. The molecule has 1 N–H and O–H groups in total. The van der Waals surface area contributed by atoms with Crippen LogP contribution in [0.15, 0.2) is 57.6 Å². The third-order valence-electron chi connectivity index (χ3n) is 5.64. The molecule has 2 heterocycles. The minimum absolute atomic E-state index is 0.228. The maximum Gasteiger partial charge on any atom is 0.332 e. The fourth-order valence-corrected chi connectivity index (χ4v) is 5.07. The highest BCUT2D eigenvalue weighted by Crippen LogP contribution is 2.42. The average molecular weight is 464 g/mol. The first-order valence-corrected chi connectivity index (χ1v) is 11.7. The van der Waals surface area contributed by atoms with E-state index in [2.05, 4.69) is 68.3 Å². The maximum atomic E-state index is 12.5. The molecule has 2 aromatic carbocycles. The minimum atomic E-state index is -0.472. The third kappa shape index (κ3) is 4.51. The predicted octanol–water partition coefficient (Wildman–Crippen LogP) is 4.78. The number of benzene rings is 2. The number of fused-ring (bicyclic) bond motifs is 1. The highest BCUT2D eigenvalue weighted by atomic mass is 32.1. The van der Waals surface area contributed by atoms with Crippen LogP contribution in [-0.2, 0) is 12.0 Å². The first-order valence-electron chi connectivity index (χ1n) is 10.8. The quantitative estimate of drug-likeness (QED) is 0.463. The van der Waals surface area contributed by atoms with Crippen LogP contribution in [0.3, 0.4) is 0 Å². The minimum Gasteiger partial charge on any atom is -0.496 e. The van der Waals surface area contributed by atoms with Crippen LogP contribution < -0.4 is 16.0 Å². The Morgan fingerprint density at radius 2 is 1.85 bits per heavy atom. The van der Waals surface area contributed by atoms with Crippen LogP contribution in [0.2, 0.25) is 0 Å². The Bertz CT molecular complexity index is 1440. The molecule has 0 aliphatic carbocycles. The van der Waals surface area contributed by atoms with Crippen LogP contribution in [0.4, 0.5) is 0 Å². The van der Waals surface area contributed by atoms with E-state index in [1.807, 2.05) is 12.1 Å². The molecule has 0 amide bonds. The van der Waals surface area contributed by atoms with Crippen LogP contribution in [-0.4, -0.2) is 35.7 Å². The van der Waals surface area contributed by atoms with Crippen LogP contribution in [0.1, 0.15) is 31.9 Å². The van der Waals surface area contributed by atoms with E-state index in [4.69, 9.17) is 4.74 Å². The molecule has 0 fully saturated rings. The van der Waals surface area contributed by atoms with Gasteiger partial charge in [-0.2, -0.15) is 0 Å². The SMILES string of the molecule is COc1c(-c2ccc3c(CN(C)C)csc3c2)cc(-n2ccc(=O)[nH]c2=O)cc1C(C)(C)C. The first-order chi connectivity index (χ1) is 15.6. The van der Waals surface area contributed by atoms with Crippen molar-refractivity contribution < 1.29 is 4.74 Å². The molecule has 0 bridgehead atoms. The van der Waals surface area contributed by atoms with Gasteiger partial charge in [0, 0.05) is 34.6 Å². The monoisotopic (exact) mass is 463 g/mol. The van der Waals surface area contributed by atoms with Gasteiger partial charge in [0.2, 0.25) is 0 Å². The van der Waals surface area contributed by atoms with Gasteiger partial charge in [-0.25, -0.2) is 4.79 Å². The standard InChI is InChI=1S/C26H29N3O3S/c1-26(2,3)21-13-18(29-10-9-23(30)27-25(29)31)12-20(24(21)32-6)16-7-8-19-17(14-28(4)5)15-33-22(19)11-16/h7-13,15H,14H2,1-6H3,(H,27,30,31). The summed E-state index contributed by atoms with van der Waals surface area (Å²) in [6.45, 7) is 7.24. The number of H-pyrrole nitrogens is 1.